The predicted molar refractivity (Wildman–Crippen MR) is 89.9 cm³/mol. The fraction of sp³-hybridized carbons (Fsp3) is 0.111. The number of ether oxygens (including phenoxy) is 1. The van der Waals surface area contributed by atoms with Gasteiger partial charge in [0, 0.05) is 28.5 Å². The number of hydrogen-bond acceptors (Lipinski definition) is 5. The largest absolute Gasteiger partial charge is 0.426 e. The molecule has 0 aliphatic carbocycles. The molecule has 4 nitrogen and oxygen atoms in total. The highest BCUT2D eigenvalue weighted by Gasteiger charge is 2.11. The Morgan fingerprint density at radius 1 is 1.16 bits per heavy atom. The van der Waals surface area contributed by atoms with E-state index in [2.05, 4.69) is 0 Å². The molecule has 0 aliphatic heterocycles. The average Bonchev–Trinajstić information content (AvgIpc) is 2.53. The molecule has 0 radical (unpaired) electrons. The third-order valence-electron chi connectivity index (χ3n) is 3.39. The van der Waals surface area contributed by atoms with Crippen LogP contribution >= 0.6 is 11.8 Å². The molecule has 7 heteroatoms. The maximum atomic E-state index is 13.5. The molecule has 0 saturated heterocycles. The third kappa shape index (κ3) is 4.06. The van der Waals surface area contributed by atoms with Gasteiger partial charge in [-0.05, 0) is 36.8 Å². The maximum Gasteiger partial charge on any atom is 0.336 e. The van der Waals surface area contributed by atoms with Gasteiger partial charge >= 0.3 is 11.6 Å². The van der Waals surface area contributed by atoms with Gasteiger partial charge < -0.3 is 9.15 Å². The first kappa shape index (κ1) is 17.2. The van der Waals surface area contributed by atoms with Crippen molar-refractivity contribution in [3.8, 4) is 5.75 Å². The molecule has 2 aromatic carbocycles. The Morgan fingerprint density at radius 3 is 2.72 bits per heavy atom. The van der Waals surface area contributed by atoms with Gasteiger partial charge in [-0.2, -0.15) is 0 Å². The summed E-state index contributed by atoms with van der Waals surface area (Å²) in [5.74, 6) is -1.97. The van der Waals surface area contributed by atoms with Crippen LogP contribution in [-0.2, 0) is 4.79 Å². The summed E-state index contributed by atoms with van der Waals surface area (Å²) in [6, 6.07) is 9.22. The van der Waals surface area contributed by atoms with Crippen molar-refractivity contribution in [2.45, 2.75) is 11.8 Å². The standard InChI is InChI=1S/C18H12F2O4S/c1-10-6-17(21)24-15-8-12(3-4-13(10)15)23-18(22)9-25-16-5-2-11(19)7-14(16)20/h2-8H,9H2,1H3. The number of rotatable bonds is 4. The smallest absolute Gasteiger partial charge is 0.336 e. The number of benzene rings is 2. The van der Waals surface area contributed by atoms with Gasteiger partial charge in [0.15, 0.2) is 0 Å². The molecule has 0 bridgehead atoms. The Hall–Kier alpha value is -2.67. The zero-order valence-corrected chi connectivity index (χ0v) is 13.9. The molecule has 3 aromatic rings. The van der Waals surface area contributed by atoms with Crippen molar-refractivity contribution in [3.63, 3.8) is 0 Å². The van der Waals surface area contributed by atoms with E-state index in [1.54, 1.807) is 19.1 Å². The number of hydrogen-bond donors (Lipinski definition) is 0. The molecule has 0 N–H and O–H groups in total. The second-order valence-electron chi connectivity index (χ2n) is 5.24. The Balaban J connectivity index is 1.70. The van der Waals surface area contributed by atoms with Gasteiger partial charge in [-0.3, -0.25) is 4.79 Å². The maximum absolute atomic E-state index is 13.5. The summed E-state index contributed by atoms with van der Waals surface area (Å²) in [7, 11) is 0. The van der Waals surface area contributed by atoms with Gasteiger partial charge in [0.1, 0.15) is 23.0 Å². The minimum Gasteiger partial charge on any atom is -0.426 e. The highest BCUT2D eigenvalue weighted by Crippen LogP contribution is 2.25. The average molecular weight is 362 g/mol. The number of carbonyl (C=O) groups is 1. The van der Waals surface area contributed by atoms with E-state index in [1.807, 2.05) is 0 Å². The van der Waals surface area contributed by atoms with E-state index in [9.17, 15) is 18.4 Å². The van der Waals surface area contributed by atoms with Crippen LogP contribution in [0.4, 0.5) is 8.78 Å². The summed E-state index contributed by atoms with van der Waals surface area (Å²) in [6.45, 7) is 1.78. The van der Waals surface area contributed by atoms with Crippen molar-refractivity contribution in [1.29, 1.82) is 0 Å². The van der Waals surface area contributed by atoms with Crippen LogP contribution in [-0.4, -0.2) is 11.7 Å². The lowest BCUT2D eigenvalue weighted by molar-refractivity contribution is -0.131. The van der Waals surface area contributed by atoms with Crippen LogP contribution in [0.15, 0.2) is 56.6 Å². The topological polar surface area (TPSA) is 56.5 Å². The van der Waals surface area contributed by atoms with E-state index in [0.717, 1.165) is 34.8 Å². The quantitative estimate of drug-likeness (QED) is 0.303. The molecular formula is C18H12F2O4S. The second kappa shape index (κ2) is 7.06. The first-order valence-corrected chi connectivity index (χ1v) is 8.24. The molecule has 0 fully saturated rings. The lowest BCUT2D eigenvalue weighted by Gasteiger charge is -2.06. The van der Waals surface area contributed by atoms with Crippen LogP contribution in [0.25, 0.3) is 11.0 Å². The van der Waals surface area contributed by atoms with Gasteiger partial charge in [-0.1, -0.05) is 0 Å². The SMILES string of the molecule is Cc1cc(=O)oc2cc(OC(=O)CSc3ccc(F)cc3F)ccc12. The van der Waals surface area contributed by atoms with Crippen molar-refractivity contribution in [1.82, 2.24) is 0 Å². The van der Waals surface area contributed by atoms with Crippen LogP contribution in [0.5, 0.6) is 5.75 Å². The molecule has 25 heavy (non-hydrogen) atoms. The summed E-state index contributed by atoms with van der Waals surface area (Å²) in [5.41, 5.74) is 0.579. The van der Waals surface area contributed by atoms with E-state index in [1.165, 1.54) is 18.2 Å². The van der Waals surface area contributed by atoms with Gasteiger partial charge in [0.05, 0.1) is 5.75 Å². The zero-order chi connectivity index (χ0) is 18.0. The van der Waals surface area contributed by atoms with E-state index < -0.39 is 23.2 Å². The van der Waals surface area contributed by atoms with Crippen LogP contribution in [0.2, 0.25) is 0 Å². The summed E-state index contributed by atoms with van der Waals surface area (Å²) in [4.78, 5) is 23.5. The van der Waals surface area contributed by atoms with Gasteiger partial charge in [-0.15, -0.1) is 11.8 Å². The molecule has 3 rings (SSSR count). The molecule has 0 spiro atoms. The van der Waals surface area contributed by atoms with E-state index in [-0.39, 0.29) is 16.4 Å². The van der Waals surface area contributed by atoms with Crippen LogP contribution in [0.3, 0.4) is 0 Å². The summed E-state index contributed by atoms with van der Waals surface area (Å²) < 4.78 is 36.6. The third-order valence-corrected chi connectivity index (χ3v) is 4.42. The minimum atomic E-state index is -0.735. The Labute approximate surface area is 145 Å². The summed E-state index contributed by atoms with van der Waals surface area (Å²) in [6.07, 6.45) is 0. The molecule has 0 saturated carbocycles. The van der Waals surface area contributed by atoms with Gasteiger partial charge in [0.2, 0.25) is 0 Å². The molecule has 1 heterocycles. The lowest BCUT2D eigenvalue weighted by Crippen LogP contribution is -2.11. The van der Waals surface area contributed by atoms with E-state index >= 15 is 0 Å². The predicted octanol–water partition coefficient (Wildman–Crippen LogP) is 4.08. The number of esters is 1. The molecule has 128 valence electrons. The molecular weight excluding hydrogens is 350 g/mol. The highest BCUT2D eigenvalue weighted by molar-refractivity contribution is 8.00. The first-order chi connectivity index (χ1) is 11.9. The van der Waals surface area contributed by atoms with Crippen LogP contribution in [0, 0.1) is 18.6 Å². The van der Waals surface area contributed by atoms with Crippen molar-refractivity contribution in [3.05, 3.63) is 70.1 Å². The summed E-state index contributed by atoms with van der Waals surface area (Å²) in [5, 5.41) is 0.738. The number of aryl methyl sites for hydroxylation is 1. The normalized spacial score (nSPS) is 10.8. The molecule has 0 atom stereocenters. The van der Waals surface area contributed by atoms with Crippen molar-refractivity contribution < 1.29 is 22.7 Å². The van der Waals surface area contributed by atoms with Crippen molar-refractivity contribution >= 4 is 28.7 Å². The van der Waals surface area contributed by atoms with Gasteiger partial charge in [0.25, 0.3) is 0 Å². The van der Waals surface area contributed by atoms with Crippen molar-refractivity contribution in [2.75, 3.05) is 5.75 Å². The Bertz CT molecular complexity index is 1010. The minimum absolute atomic E-state index is 0.151. The second-order valence-corrected chi connectivity index (χ2v) is 6.26. The molecule has 1 aromatic heterocycles. The van der Waals surface area contributed by atoms with Crippen molar-refractivity contribution in [2.24, 2.45) is 0 Å². The fourth-order valence-corrected chi connectivity index (χ4v) is 2.95. The van der Waals surface area contributed by atoms with E-state index in [4.69, 9.17) is 9.15 Å². The Kier molecular flexibility index (Phi) is 4.85. The first-order valence-electron chi connectivity index (χ1n) is 7.25. The highest BCUT2D eigenvalue weighted by atomic mass is 32.2. The van der Waals surface area contributed by atoms with E-state index in [0.29, 0.717) is 5.58 Å². The Morgan fingerprint density at radius 2 is 1.96 bits per heavy atom. The number of thioether (sulfide) groups is 1. The molecule has 0 amide bonds. The number of halogens is 2. The van der Waals surface area contributed by atoms with Crippen LogP contribution in [0.1, 0.15) is 5.56 Å². The fourth-order valence-electron chi connectivity index (χ4n) is 2.26. The monoisotopic (exact) mass is 362 g/mol. The zero-order valence-electron chi connectivity index (χ0n) is 13.0. The number of carbonyl (C=O) groups excluding carboxylic acids is 1. The molecule has 0 aliphatic rings. The van der Waals surface area contributed by atoms with Gasteiger partial charge in [-0.25, -0.2) is 13.6 Å². The molecule has 0 unspecified atom stereocenters. The van der Waals surface area contributed by atoms with Crippen LogP contribution < -0.4 is 10.4 Å². The summed E-state index contributed by atoms with van der Waals surface area (Å²) >= 11 is 0.902. The number of fused-ring (bicyclic) bond motifs is 1. The lowest BCUT2D eigenvalue weighted by atomic mass is 10.1.